The van der Waals surface area contributed by atoms with E-state index in [9.17, 15) is 9.18 Å². The average molecular weight is 342 g/mol. The average Bonchev–Trinajstić information content (AvgIpc) is 2.63. The first-order chi connectivity index (χ1) is 12.1. The van der Waals surface area contributed by atoms with Crippen LogP contribution in [0.2, 0.25) is 0 Å². The molecule has 0 radical (unpaired) electrons. The molecule has 4 nitrogen and oxygen atoms in total. The summed E-state index contributed by atoms with van der Waals surface area (Å²) in [5, 5.41) is 3.31. The Labute approximate surface area is 147 Å². The topological polar surface area (TPSA) is 64.4 Å². The van der Waals surface area contributed by atoms with Crippen LogP contribution in [0.1, 0.15) is 30.0 Å². The molecule has 1 fully saturated rings. The summed E-state index contributed by atoms with van der Waals surface area (Å²) in [5.41, 5.74) is 7.09. The molecule has 0 unspecified atom stereocenters. The number of rotatable bonds is 6. The molecule has 0 aliphatic carbocycles. The maximum absolute atomic E-state index is 13.8. The molecule has 1 amide bonds. The van der Waals surface area contributed by atoms with Crippen molar-refractivity contribution in [1.82, 2.24) is 5.32 Å². The Hall–Kier alpha value is -2.24. The number of benzene rings is 2. The molecule has 1 heterocycles. The lowest BCUT2D eigenvalue weighted by molar-refractivity contribution is -0.120. The van der Waals surface area contributed by atoms with Crippen molar-refractivity contribution in [2.75, 3.05) is 19.8 Å². The zero-order chi connectivity index (χ0) is 17.7. The molecule has 25 heavy (non-hydrogen) atoms. The zero-order valence-corrected chi connectivity index (χ0v) is 14.1. The first-order valence-electron chi connectivity index (χ1n) is 8.52. The molecule has 1 aliphatic heterocycles. The number of halogens is 1. The quantitative estimate of drug-likeness (QED) is 0.848. The van der Waals surface area contributed by atoms with Crippen molar-refractivity contribution in [3.05, 3.63) is 71.5 Å². The van der Waals surface area contributed by atoms with Crippen LogP contribution in [-0.4, -0.2) is 25.7 Å². The van der Waals surface area contributed by atoms with E-state index in [4.69, 9.17) is 10.5 Å². The summed E-state index contributed by atoms with van der Waals surface area (Å²) in [7, 11) is 0. The van der Waals surface area contributed by atoms with E-state index in [1.54, 1.807) is 12.1 Å². The summed E-state index contributed by atoms with van der Waals surface area (Å²) in [6.45, 7) is 1.76. The van der Waals surface area contributed by atoms with Gasteiger partial charge in [-0.15, -0.1) is 0 Å². The molecule has 1 atom stereocenters. The van der Waals surface area contributed by atoms with E-state index in [0.29, 0.717) is 19.8 Å². The Kier molecular flexibility index (Phi) is 5.46. The molecule has 0 bridgehead atoms. The van der Waals surface area contributed by atoms with Gasteiger partial charge in [0.05, 0.1) is 0 Å². The molecule has 1 saturated heterocycles. The van der Waals surface area contributed by atoms with Gasteiger partial charge in [0.25, 0.3) is 0 Å². The Morgan fingerprint density at radius 3 is 2.52 bits per heavy atom. The van der Waals surface area contributed by atoms with Crippen LogP contribution in [0.15, 0.2) is 54.6 Å². The largest absolute Gasteiger partial charge is 0.381 e. The summed E-state index contributed by atoms with van der Waals surface area (Å²) >= 11 is 0. The van der Waals surface area contributed by atoms with E-state index >= 15 is 0 Å². The van der Waals surface area contributed by atoms with Crippen LogP contribution in [0, 0.1) is 5.82 Å². The molecular weight excluding hydrogens is 319 g/mol. The van der Waals surface area contributed by atoms with E-state index in [0.717, 1.165) is 24.0 Å². The molecule has 132 valence electrons. The van der Waals surface area contributed by atoms with E-state index in [2.05, 4.69) is 5.32 Å². The molecule has 5 heteroatoms. The van der Waals surface area contributed by atoms with Gasteiger partial charge < -0.3 is 15.8 Å². The third kappa shape index (κ3) is 4.06. The van der Waals surface area contributed by atoms with E-state index < -0.39 is 11.9 Å². The fourth-order valence-corrected chi connectivity index (χ4v) is 3.47. The van der Waals surface area contributed by atoms with Crippen LogP contribution in [0.3, 0.4) is 0 Å². The first-order valence-corrected chi connectivity index (χ1v) is 8.52. The van der Waals surface area contributed by atoms with Gasteiger partial charge in [-0.2, -0.15) is 0 Å². The molecule has 2 aromatic carbocycles. The smallest absolute Gasteiger partial charge is 0.239 e. The molecule has 3 N–H and O–H groups in total. The van der Waals surface area contributed by atoms with Crippen LogP contribution in [0.4, 0.5) is 4.39 Å². The van der Waals surface area contributed by atoms with Crippen molar-refractivity contribution in [2.24, 2.45) is 5.73 Å². The highest BCUT2D eigenvalue weighted by atomic mass is 19.1. The molecule has 2 aromatic rings. The number of ether oxygens (including phenoxy) is 1. The summed E-state index contributed by atoms with van der Waals surface area (Å²) in [6.07, 6.45) is 1.54. The third-order valence-electron chi connectivity index (χ3n) is 4.95. The summed E-state index contributed by atoms with van der Waals surface area (Å²) in [6, 6.07) is 15.5. The minimum Gasteiger partial charge on any atom is -0.381 e. The summed E-state index contributed by atoms with van der Waals surface area (Å²) < 4.78 is 19.3. The Morgan fingerprint density at radius 2 is 1.88 bits per heavy atom. The van der Waals surface area contributed by atoms with E-state index in [-0.39, 0.29) is 11.2 Å². The van der Waals surface area contributed by atoms with Crippen molar-refractivity contribution in [1.29, 1.82) is 0 Å². The number of nitrogens with two attached hydrogens (primary N) is 1. The highest BCUT2D eigenvalue weighted by molar-refractivity contribution is 5.81. The number of hydrogen-bond donors (Lipinski definition) is 2. The second-order valence-electron chi connectivity index (χ2n) is 6.53. The zero-order valence-electron chi connectivity index (χ0n) is 14.1. The molecule has 3 rings (SSSR count). The van der Waals surface area contributed by atoms with Crippen molar-refractivity contribution < 1.29 is 13.9 Å². The molecular formula is C20H23FN2O2. The lowest BCUT2D eigenvalue weighted by Crippen LogP contribution is -2.46. The predicted molar refractivity (Wildman–Crippen MR) is 94.5 cm³/mol. The summed E-state index contributed by atoms with van der Waals surface area (Å²) in [5.74, 6) is -0.675. The number of carbonyl (C=O) groups is 1. The summed E-state index contributed by atoms with van der Waals surface area (Å²) in [4.78, 5) is 11.9. The number of primary amides is 1. The fraction of sp³-hybridized carbons (Fsp3) is 0.350. The first kappa shape index (κ1) is 17.6. The number of hydrogen-bond acceptors (Lipinski definition) is 3. The Balaban J connectivity index is 1.84. The number of amides is 1. The molecule has 0 spiro atoms. The van der Waals surface area contributed by atoms with Gasteiger partial charge in [0.2, 0.25) is 5.91 Å². The fourth-order valence-electron chi connectivity index (χ4n) is 3.47. The number of carbonyl (C=O) groups excluding carboxylic acids is 1. The van der Waals surface area contributed by atoms with Crippen LogP contribution in [0.25, 0.3) is 0 Å². The van der Waals surface area contributed by atoms with Crippen LogP contribution >= 0.6 is 0 Å². The molecule has 0 saturated carbocycles. The van der Waals surface area contributed by atoms with Gasteiger partial charge in [0, 0.05) is 25.2 Å². The van der Waals surface area contributed by atoms with Crippen molar-refractivity contribution in [3.63, 3.8) is 0 Å². The SMILES string of the molecule is NC(=O)[C@H](NCC1(c2cccc(F)c2)CCOCC1)c1ccccc1. The van der Waals surface area contributed by atoms with Crippen molar-refractivity contribution >= 4 is 5.91 Å². The minimum atomic E-state index is -0.575. The van der Waals surface area contributed by atoms with Crippen LogP contribution in [0.5, 0.6) is 0 Å². The van der Waals surface area contributed by atoms with Gasteiger partial charge in [-0.05, 0) is 36.1 Å². The highest BCUT2D eigenvalue weighted by Gasteiger charge is 2.35. The van der Waals surface area contributed by atoms with E-state index in [1.807, 2.05) is 36.4 Å². The predicted octanol–water partition coefficient (Wildman–Crippen LogP) is 2.69. The monoisotopic (exact) mass is 342 g/mol. The van der Waals surface area contributed by atoms with Crippen molar-refractivity contribution in [3.8, 4) is 0 Å². The van der Waals surface area contributed by atoms with Gasteiger partial charge in [0.15, 0.2) is 0 Å². The van der Waals surface area contributed by atoms with Gasteiger partial charge in [-0.3, -0.25) is 4.79 Å². The standard InChI is InChI=1S/C20H23FN2O2/c21-17-8-4-7-16(13-17)20(9-11-25-12-10-20)14-23-18(19(22)24)15-5-2-1-3-6-15/h1-8,13,18,23H,9-12,14H2,(H2,22,24)/t18-/m1/s1. The second-order valence-corrected chi connectivity index (χ2v) is 6.53. The minimum absolute atomic E-state index is 0.252. The van der Waals surface area contributed by atoms with Gasteiger partial charge in [-0.25, -0.2) is 4.39 Å². The van der Waals surface area contributed by atoms with Crippen LogP contribution < -0.4 is 11.1 Å². The lowest BCUT2D eigenvalue weighted by atomic mass is 9.74. The highest BCUT2D eigenvalue weighted by Crippen LogP contribution is 2.35. The lowest BCUT2D eigenvalue weighted by Gasteiger charge is -2.39. The Bertz CT molecular complexity index is 715. The van der Waals surface area contributed by atoms with Crippen molar-refractivity contribution in [2.45, 2.75) is 24.3 Å². The van der Waals surface area contributed by atoms with E-state index in [1.165, 1.54) is 6.07 Å². The normalized spacial score (nSPS) is 17.8. The van der Waals surface area contributed by atoms with Gasteiger partial charge in [-0.1, -0.05) is 42.5 Å². The second kappa shape index (κ2) is 7.76. The third-order valence-corrected chi connectivity index (χ3v) is 4.95. The van der Waals surface area contributed by atoms with Gasteiger partial charge in [0.1, 0.15) is 11.9 Å². The molecule has 1 aliphatic rings. The molecule has 0 aromatic heterocycles. The van der Waals surface area contributed by atoms with Crippen LogP contribution in [-0.2, 0) is 14.9 Å². The maximum atomic E-state index is 13.8. The number of nitrogens with one attached hydrogen (secondary N) is 1. The Morgan fingerprint density at radius 1 is 1.16 bits per heavy atom. The van der Waals surface area contributed by atoms with Gasteiger partial charge >= 0.3 is 0 Å². The maximum Gasteiger partial charge on any atom is 0.239 e.